The van der Waals surface area contributed by atoms with Crippen LogP contribution in [0.2, 0.25) is 0 Å². The van der Waals surface area contributed by atoms with Crippen LogP contribution < -0.4 is 10.1 Å². The Hall–Kier alpha value is -2.82. The van der Waals surface area contributed by atoms with Gasteiger partial charge in [-0.3, -0.25) is 9.48 Å². The van der Waals surface area contributed by atoms with E-state index in [2.05, 4.69) is 10.4 Å². The molecule has 0 aliphatic heterocycles. The van der Waals surface area contributed by atoms with Gasteiger partial charge in [-0.15, -0.1) is 0 Å². The molecule has 0 spiro atoms. The molecule has 1 heterocycles. The number of rotatable bonds is 6. The van der Waals surface area contributed by atoms with Crippen LogP contribution in [0.1, 0.15) is 16.8 Å². The summed E-state index contributed by atoms with van der Waals surface area (Å²) >= 11 is 0. The molecule has 0 unspecified atom stereocenters. The number of aromatic nitrogens is 2. The SMILES string of the molecule is COc1ccc(C(=O)NCCCn2cccn2)c2ccccc12. The van der Waals surface area contributed by atoms with Crippen molar-refractivity contribution in [2.24, 2.45) is 0 Å². The van der Waals surface area contributed by atoms with E-state index in [0.717, 1.165) is 29.5 Å². The van der Waals surface area contributed by atoms with Crippen LogP contribution in [0, 0.1) is 0 Å². The second-order valence-electron chi connectivity index (χ2n) is 5.24. The van der Waals surface area contributed by atoms with Crippen molar-refractivity contribution in [2.75, 3.05) is 13.7 Å². The van der Waals surface area contributed by atoms with E-state index < -0.39 is 0 Å². The molecule has 0 aliphatic carbocycles. The number of hydrogen-bond donors (Lipinski definition) is 1. The van der Waals surface area contributed by atoms with Crippen molar-refractivity contribution in [2.45, 2.75) is 13.0 Å². The Morgan fingerprint density at radius 3 is 2.74 bits per heavy atom. The fourth-order valence-electron chi connectivity index (χ4n) is 2.62. The molecule has 0 fully saturated rings. The lowest BCUT2D eigenvalue weighted by atomic mass is 10.0. The molecule has 0 bridgehead atoms. The molecule has 1 N–H and O–H groups in total. The highest BCUT2D eigenvalue weighted by Gasteiger charge is 2.12. The zero-order valence-corrected chi connectivity index (χ0v) is 13.0. The molecule has 0 radical (unpaired) electrons. The number of hydrogen-bond acceptors (Lipinski definition) is 3. The van der Waals surface area contributed by atoms with Crippen molar-refractivity contribution < 1.29 is 9.53 Å². The predicted octanol–water partition coefficient (Wildman–Crippen LogP) is 2.87. The fourth-order valence-corrected chi connectivity index (χ4v) is 2.62. The fraction of sp³-hybridized carbons (Fsp3) is 0.222. The normalized spacial score (nSPS) is 10.7. The number of aryl methyl sites for hydroxylation is 1. The Morgan fingerprint density at radius 2 is 2.00 bits per heavy atom. The van der Waals surface area contributed by atoms with Crippen LogP contribution in [0.5, 0.6) is 5.75 Å². The number of ether oxygens (including phenoxy) is 1. The van der Waals surface area contributed by atoms with Crippen molar-refractivity contribution in [3.8, 4) is 5.75 Å². The molecule has 3 rings (SSSR count). The first-order valence-corrected chi connectivity index (χ1v) is 7.61. The Morgan fingerprint density at radius 1 is 1.17 bits per heavy atom. The highest BCUT2D eigenvalue weighted by Crippen LogP contribution is 2.28. The maximum absolute atomic E-state index is 12.4. The number of benzene rings is 2. The Bertz CT molecular complexity index is 797. The molecule has 1 aromatic heterocycles. The van der Waals surface area contributed by atoms with Crippen LogP contribution >= 0.6 is 0 Å². The summed E-state index contributed by atoms with van der Waals surface area (Å²) in [5.74, 6) is 0.708. The van der Waals surface area contributed by atoms with Crippen molar-refractivity contribution >= 4 is 16.7 Å². The maximum Gasteiger partial charge on any atom is 0.251 e. The minimum Gasteiger partial charge on any atom is -0.496 e. The van der Waals surface area contributed by atoms with Crippen molar-refractivity contribution in [1.29, 1.82) is 0 Å². The largest absolute Gasteiger partial charge is 0.496 e. The zero-order chi connectivity index (χ0) is 16.1. The minimum absolute atomic E-state index is 0.0654. The smallest absolute Gasteiger partial charge is 0.251 e. The van der Waals surface area contributed by atoms with Gasteiger partial charge in [0.2, 0.25) is 0 Å². The third-order valence-corrected chi connectivity index (χ3v) is 3.76. The van der Waals surface area contributed by atoms with Crippen LogP contribution in [0.25, 0.3) is 10.8 Å². The molecule has 0 atom stereocenters. The van der Waals surface area contributed by atoms with Gasteiger partial charge in [0, 0.05) is 36.4 Å². The molecule has 23 heavy (non-hydrogen) atoms. The summed E-state index contributed by atoms with van der Waals surface area (Å²) in [6.07, 6.45) is 4.50. The second kappa shape index (κ2) is 6.96. The van der Waals surface area contributed by atoms with Gasteiger partial charge in [-0.05, 0) is 30.0 Å². The van der Waals surface area contributed by atoms with E-state index in [1.165, 1.54) is 0 Å². The molecular formula is C18H19N3O2. The quantitative estimate of drug-likeness (QED) is 0.712. The molecule has 5 heteroatoms. The van der Waals surface area contributed by atoms with Gasteiger partial charge in [-0.1, -0.05) is 24.3 Å². The van der Waals surface area contributed by atoms with Crippen LogP contribution in [-0.2, 0) is 6.54 Å². The van der Waals surface area contributed by atoms with Crippen LogP contribution in [0.3, 0.4) is 0 Å². The Labute approximate surface area is 134 Å². The van der Waals surface area contributed by atoms with Gasteiger partial charge in [0.15, 0.2) is 0 Å². The first kappa shape index (κ1) is 15.1. The standard InChI is InChI=1S/C18H19N3O2/c1-23-17-9-8-16(14-6-2-3-7-15(14)17)18(22)19-10-4-12-21-13-5-11-20-21/h2-3,5-9,11,13H,4,10,12H2,1H3,(H,19,22). The average Bonchev–Trinajstić information content (AvgIpc) is 3.11. The molecule has 0 saturated heterocycles. The summed E-state index contributed by atoms with van der Waals surface area (Å²) in [5.41, 5.74) is 0.667. The van der Waals surface area contributed by atoms with Gasteiger partial charge < -0.3 is 10.1 Å². The lowest BCUT2D eigenvalue weighted by Crippen LogP contribution is -2.25. The van der Waals surface area contributed by atoms with Crippen LogP contribution in [0.4, 0.5) is 0 Å². The van der Waals surface area contributed by atoms with Crippen molar-refractivity contribution in [3.05, 3.63) is 60.4 Å². The van der Waals surface area contributed by atoms with Crippen molar-refractivity contribution in [1.82, 2.24) is 15.1 Å². The first-order chi connectivity index (χ1) is 11.3. The number of amides is 1. The maximum atomic E-state index is 12.4. The van der Waals surface area contributed by atoms with Gasteiger partial charge in [0.25, 0.3) is 5.91 Å². The van der Waals surface area contributed by atoms with Gasteiger partial charge in [-0.25, -0.2) is 0 Å². The summed E-state index contributed by atoms with van der Waals surface area (Å²) in [6, 6.07) is 13.3. The second-order valence-corrected chi connectivity index (χ2v) is 5.24. The van der Waals surface area contributed by atoms with Gasteiger partial charge >= 0.3 is 0 Å². The summed E-state index contributed by atoms with van der Waals surface area (Å²) in [7, 11) is 1.64. The molecule has 118 valence electrons. The molecule has 0 saturated carbocycles. The Kier molecular flexibility index (Phi) is 4.57. The lowest BCUT2D eigenvalue weighted by molar-refractivity contribution is 0.0954. The van der Waals surface area contributed by atoms with Gasteiger partial charge in [0.1, 0.15) is 5.75 Å². The lowest BCUT2D eigenvalue weighted by Gasteiger charge is -2.11. The highest BCUT2D eigenvalue weighted by molar-refractivity contribution is 6.08. The van der Waals surface area contributed by atoms with Crippen molar-refractivity contribution in [3.63, 3.8) is 0 Å². The number of fused-ring (bicyclic) bond motifs is 1. The molecule has 1 amide bonds. The van der Waals surface area contributed by atoms with Gasteiger partial charge in [-0.2, -0.15) is 5.10 Å². The van der Waals surface area contributed by atoms with E-state index in [9.17, 15) is 4.79 Å². The van der Waals surface area contributed by atoms with Gasteiger partial charge in [0.05, 0.1) is 7.11 Å². The molecule has 0 aliphatic rings. The number of methoxy groups -OCH3 is 1. The number of carbonyl (C=O) groups is 1. The van der Waals surface area contributed by atoms with Crippen LogP contribution in [0.15, 0.2) is 54.9 Å². The van der Waals surface area contributed by atoms with Crippen LogP contribution in [-0.4, -0.2) is 29.3 Å². The summed E-state index contributed by atoms with van der Waals surface area (Å²) < 4.78 is 7.22. The number of nitrogens with one attached hydrogen (secondary N) is 1. The topological polar surface area (TPSA) is 56.1 Å². The molecule has 2 aromatic carbocycles. The van der Waals surface area contributed by atoms with E-state index in [0.29, 0.717) is 12.1 Å². The highest BCUT2D eigenvalue weighted by atomic mass is 16.5. The Balaban J connectivity index is 1.68. The summed E-state index contributed by atoms with van der Waals surface area (Å²) in [5, 5.41) is 8.95. The third kappa shape index (κ3) is 3.34. The van der Waals surface area contributed by atoms with E-state index in [1.807, 2.05) is 53.3 Å². The third-order valence-electron chi connectivity index (χ3n) is 3.76. The number of carbonyl (C=O) groups excluding carboxylic acids is 1. The summed E-state index contributed by atoms with van der Waals surface area (Å²) in [4.78, 5) is 12.4. The molecule has 5 nitrogen and oxygen atoms in total. The summed E-state index contributed by atoms with van der Waals surface area (Å²) in [6.45, 7) is 1.40. The van der Waals surface area contributed by atoms with E-state index in [-0.39, 0.29) is 5.91 Å². The minimum atomic E-state index is -0.0654. The van der Waals surface area contributed by atoms with E-state index >= 15 is 0 Å². The average molecular weight is 309 g/mol. The zero-order valence-electron chi connectivity index (χ0n) is 13.0. The van der Waals surface area contributed by atoms with E-state index in [4.69, 9.17) is 4.74 Å². The predicted molar refractivity (Wildman–Crippen MR) is 89.7 cm³/mol. The molecule has 3 aromatic rings. The molecular weight excluding hydrogens is 290 g/mol. The monoisotopic (exact) mass is 309 g/mol. The number of nitrogens with zero attached hydrogens (tertiary/aromatic N) is 2. The van der Waals surface area contributed by atoms with E-state index in [1.54, 1.807) is 13.3 Å². The first-order valence-electron chi connectivity index (χ1n) is 7.61.